The third-order valence-electron chi connectivity index (χ3n) is 2.81. The number of carbonyl (C=O) groups excluding carboxylic acids is 2. The molecule has 0 fully saturated rings. The fourth-order valence-electron chi connectivity index (χ4n) is 1.98. The van der Waals surface area contributed by atoms with Crippen molar-refractivity contribution in [3.05, 3.63) is 11.4 Å². The summed E-state index contributed by atoms with van der Waals surface area (Å²) in [6, 6.07) is 0. The molecule has 0 amide bonds. The summed E-state index contributed by atoms with van der Waals surface area (Å²) in [7, 11) is -3.84. The number of hydrogen-bond acceptors (Lipinski definition) is 7. The van der Waals surface area contributed by atoms with Gasteiger partial charge in [-0.1, -0.05) is 19.9 Å². The first-order valence-corrected chi connectivity index (χ1v) is 9.65. The zero-order valence-electron chi connectivity index (χ0n) is 15.4. The zero-order valence-corrected chi connectivity index (χ0v) is 16.3. The molecular weight excluding hydrogens is 335 g/mol. The van der Waals surface area contributed by atoms with E-state index in [0.29, 0.717) is 0 Å². The number of hydrogen-bond donors (Lipinski definition) is 0. The number of allylic oxidation sites excluding steroid dienone is 1. The van der Waals surface area contributed by atoms with Crippen molar-refractivity contribution in [3.8, 4) is 0 Å². The molecule has 140 valence electrons. The summed E-state index contributed by atoms with van der Waals surface area (Å²) in [4.78, 5) is 24.0. The Bertz CT molecular complexity index is 487. The van der Waals surface area contributed by atoms with Crippen molar-refractivity contribution in [1.29, 1.82) is 0 Å². The molecule has 0 spiro atoms. The molecule has 0 aliphatic carbocycles. The van der Waals surface area contributed by atoms with E-state index in [-0.39, 0.29) is 38.2 Å². The first-order valence-electron chi connectivity index (χ1n) is 8.11. The van der Waals surface area contributed by atoms with Gasteiger partial charge in [0.25, 0.3) is 0 Å². The Morgan fingerprint density at radius 2 is 1.42 bits per heavy atom. The van der Waals surface area contributed by atoms with Gasteiger partial charge < -0.3 is 18.5 Å². The first kappa shape index (κ1) is 22.8. The van der Waals surface area contributed by atoms with Gasteiger partial charge in [-0.15, -0.1) is 0 Å². The van der Waals surface area contributed by atoms with Crippen LogP contribution in [0.3, 0.4) is 0 Å². The normalized spacial score (nSPS) is 12.8. The monoisotopic (exact) mass is 364 g/mol. The van der Waals surface area contributed by atoms with Gasteiger partial charge >= 0.3 is 19.5 Å². The minimum atomic E-state index is -3.84. The molecule has 0 saturated carbocycles. The van der Waals surface area contributed by atoms with Gasteiger partial charge in [-0.3, -0.25) is 9.36 Å². The van der Waals surface area contributed by atoms with E-state index >= 15 is 0 Å². The van der Waals surface area contributed by atoms with Gasteiger partial charge in [0.05, 0.1) is 32.8 Å². The first-order chi connectivity index (χ1) is 11.2. The minimum Gasteiger partial charge on any atom is -0.466 e. The Kier molecular flexibility index (Phi) is 10.1. The summed E-state index contributed by atoms with van der Waals surface area (Å²) in [6.07, 6.45) is 1.44. The SMILES string of the molecule is CCOC(=O)CC(C)(C)/C=C(\C(=O)OCC)P(=O)(OCC)OCC. The molecule has 0 aliphatic rings. The second-order valence-corrected chi connectivity index (χ2v) is 7.55. The fraction of sp³-hybridized carbons (Fsp3) is 0.750. The average Bonchev–Trinajstić information content (AvgIpc) is 2.45. The number of rotatable bonds is 11. The molecule has 8 heteroatoms. The van der Waals surface area contributed by atoms with Crippen molar-refractivity contribution >= 4 is 19.5 Å². The summed E-state index contributed by atoms with van der Waals surface area (Å²) in [6.45, 7) is 10.7. The molecule has 0 aromatic carbocycles. The minimum absolute atomic E-state index is 0.0159. The molecule has 0 aliphatic heterocycles. The number of esters is 2. The zero-order chi connectivity index (χ0) is 18.8. The van der Waals surface area contributed by atoms with E-state index < -0.39 is 24.9 Å². The fourth-order valence-corrected chi connectivity index (χ4v) is 3.80. The smallest absolute Gasteiger partial charge is 0.368 e. The highest BCUT2D eigenvalue weighted by Gasteiger charge is 2.38. The van der Waals surface area contributed by atoms with E-state index in [0.717, 1.165) is 0 Å². The van der Waals surface area contributed by atoms with E-state index in [1.807, 2.05) is 0 Å². The average molecular weight is 364 g/mol. The van der Waals surface area contributed by atoms with Crippen LogP contribution in [0.5, 0.6) is 0 Å². The highest BCUT2D eigenvalue weighted by atomic mass is 31.2. The summed E-state index contributed by atoms with van der Waals surface area (Å²) >= 11 is 0. The van der Waals surface area contributed by atoms with Crippen LogP contribution >= 0.6 is 7.60 Å². The largest absolute Gasteiger partial charge is 0.466 e. The van der Waals surface area contributed by atoms with Crippen LogP contribution in [-0.4, -0.2) is 38.4 Å². The van der Waals surface area contributed by atoms with Gasteiger partial charge in [-0.2, -0.15) is 0 Å². The van der Waals surface area contributed by atoms with E-state index in [9.17, 15) is 14.2 Å². The highest BCUT2D eigenvalue weighted by Crippen LogP contribution is 2.57. The van der Waals surface area contributed by atoms with Crippen LogP contribution in [0, 0.1) is 5.41 Å². The lowest BCUT2D eigenvalue weighted by Gasteiger charge is -2.24. The quantitative estimate of drug-likeness (QED) is 0.314. The van der Waals surface area contributed by atoms with Crippen molar-refractivity contribution in [2.45, 2.75) is 48.0 Å². The van der Waals surface area contributed by atoms with Crippen molar-refractivity contribution in [2.75, 3.05) is 26.4 Å². The molecule has 0 rings (SSSR count). The summed E-state index contributed by atoms with van der Waals surface area (Å²) in [5.74, 6) is -1.19. The van der Waals surface area contributed by atoms with Crippen LogP contribution < -0.4 is 0 Å². The van der Waals surface area contributed by atoms with Crippen molar-refractivity contribution in [3.63, 3.8) is 0 Å². The maximum Gasteiger partial charge on any atom is 0.368 e. The predicted molar refractivity (Wildman–Crippen MR) is 90.6 cm³/mol. The third kappa shape index (κ3) is 7.60. The van der Waals surface area contributed by atoms with Crippen LogP contribution in [-0.2, 0) is 32.7 Å². The Morgan fingerprint density at radius 3 is 1.83 bits per heavy atom. The predicted octanol–water partition coefficient (Wildman–Crippen LogP) is 3.68. The molecule has 0 radical (unpaired) electrons. The van der Waals surface area contributed by atoms with Crippen molar-refractivity contribution in [2.24, 2.45) is 5.41 Å². The van der Waals surface area contributed by atoms with Gasteiger partial charge in [0.2, 0.25) is 0 Å². The van der Waals surface area contributed by atoms with Crippen molar-refractivity contribution in [1.82, 2.24) is 0 Å². The topological polar surface area (TPSA) is 88.1 Å². The molecule has 0 heterocycles. The van der Waals surface area contributed by atoms with E-state index in [4.69, 9.17) is 18.5 Å². The second-order valence-electron chi connectivity index (χ2n) is 5.55. The van der Waals surface area contributed by atoms with Crippen molar-refractivity contribution < 1.29 is 32.7 Å². The van der Waals surface area contributed by atoms with Gasteiger partial charge in [-0.05, 0) is 33.1 Å². The van der Waals surface area contributed by atoms with Crippen LogP contribution in [0.4, 0.5) is 0 Å². The molecule has 0 unspecified atom stereocenters. The molecule has 0 N–H and O–H groups in total. The molecule has 7 nitrogen and oxygen atoms in total. The van der Waals surface area contributed by atoms with Gasteiger partial charge in [0.15, 0.2) is 0 Å². The lowest BCUT2D eigenvalue weighted by atomic mass is 9.89. The van der Waals surface area contributed by atoms with Crippen LogP contribution in [0.1, 0.15) is 48.0 Å². The maximum atomic E-state index is 13.0. The molecule has 0 atom stereocenters. The molecule has 0 bridgehead atoms. The van der Waals surface area contributed by atoms with Crippen LogP contribution in [0.2, 0.25) is 0 Å². The lowest BCUT2D eigenvalue weighted by molar-refractivity contribution is -0.145. The van der Waals surface area contributed by atoms with Gasteiger partial charge in [-0.25, -0.2) is 4.79 Å². The molecule has 24 heavy (non-hydrogen) atoms. The summed E-state index contributed by atoms with van der Waals surface area (Å²) < 4.78 is 33.4. The molecular formula is C16H29O7P. The Morgan fingerprint density at radius 1 is 0.917 bits per heavy atom. The number of carbonyl (C=O) groups is 2. The van der Waals surface area contributed by atoms with Crippen LogP contribution in [0.15, 0.2) is 11.4 Å². The Balaban J connectivity index is 5.79. The Hall–Kier alpha value is -1.17. The summed E-state index contributed by atoms with van der Waals surface area (Å²) in [5.41, 5.74) is -0.793. The Labute approximate surface area is 144 Å². The van der Waals surface area contributed by atoms with Gasteiger partial charge in [0.1, 0.15) is 5.31 Å². The molecule has 0 saturated heterocycles. The second kappa shape index (κ2) is 10.6. The number of ether oxygens (including phenoxy) is 2. The third-order valence-corrected chi connectivity index (χ3v) is 4.91. The summed E-state index contributed by atoms with van der Waals surface area (Å²) in [5, 5.41) is -0.192. The van der Waals surface area contributed by atoms with Crippen LogP contribution in [0.25, 0.3) is 0 Å². The lowest BCUT2D eigenvalue weighted by Crippen LogP contribution is -2.20. The maximum absolute atomic E-state index is 13.0. The van der Waals surface area contributed by atoms with E-state index in [1.165, 1.54) is 6.08 Å². The standard InChI is InChI=1S/C16H29O7P/c1-7-20-14(17)12-16(5,6)11-13(15(18)21-8-2)24(19,22-9-3)23-10-4/h11H,7-10,12H2,1-6H3/b13-11+. The molecule has 0 aromatic heterocycles. The highest BCUT2D eigenvalue weighted by molar-refractivity contribution is 7.59. The van der Waals surface area contributed by atoms with E-state index in [2.05, 4.69) is 0 Å². The van der Waals surface area contributed by atoms with Gasteiger partial charge in [0, 0.05) is 0 Å². The van der Waals surface area contributed by atoms with E-state index in [1.54, 1.807) is 41.5 Å². The molecule has 0 aromatic rings.